The number of piperazine rings is 1. The van der Waals surface area contributed by atoms with Crippen molar-refractivity contribution in [1.82, 2.24) is 20.0 Å². The van der Waals surface area contributed by atoms with Crippen LogP contribution in [0.1, 0.15) is 32.3 Å². The molecule has 3 rings (SSSR count). The van der Waals surface area contributed by atoms with Crippen molar-refractivity contribution in [3.8, 4) is 0 Å². The van der Waals surface area contributed by atoms with E-state index in [4.69, 9.17) is 0 Å². The summed E-state index contributed by atoms with van der Waals surface area (Å²) < 4.78 is 1.83. The van der Waals surface area contributed by atoms with E-state index >= 15 is 0 Å². The molecule has 2 aliphatic rings. The Bertz CT molecular complexity index is 549. The predicted octanol–water partition coefficient (Wildman–Crippen LogP) is 0.530. The highest BCUT2D eigenvalue weighted by Crippen LogP contribution is 2.44. The van der Waals surface area contributed by atoms with Crippen molar-refractivity contribution >= 4 is 11.8 Å². The van der Waals surface area contributed by atoms with Gasteiger partial charge in [0.1, 0.15) is 5.54 Å². The molecule has 6 heteroatoms. The lowest BCUT2D eigenvalue weighted by Gasteiger charge is -2.43. The van der Waals surface area contributed by atoms with Crippen molar-refractivity contribution in [2.75, 3.05) is 6.54 Å². The van der Waals surface area contributed by atoms with Gasteiger partial charge in [-0.3, -0.25) is 14.3 Å². The summed E-state index contributed by atoms with van der Waals surface area (Å²) in [5.41, 5.74) is 0.269. The van der Waals surface area contributed by atoms with Crippen molar-refractivity contribution in [2.24, 2.45) is 5.92 Å². The molecular formula is C14H20N4O2. The lowest BCUT2D eigenvalue weighted by atomic mass is 9.89. The van der Waals surface area contributed by atoms with Gasteiger partial charge in [0.15, 0.2) is 0 Å². The van der Waals surface area contributed by atoms with Gasteiger partial charge in [0, 0.05) is 24.8 Å². The Balaban J connectivity index is 1.87. The summed E-state index contributed by atoms with van der Waals surface area (Å²) >= 11 is 0. The quantitative estimate of drug-likeness (QED) is 0.872. The van der Waals surface area contributed by atoms with Crippen LogP contribution in [0, 0.1) is 5.92 Å². The van der Waals surface area contributed by atoms with Crippen LogP contribution in [0.15, 0.2) is 12.4 Å². The number of nitrogens with zero attached hydrogens (tertiary/aromatic N) is 3. The summed E-state index contributed by atoms with van der Waals surface area (Å²) in [5, 5.41) is 6.96. The summed E-state index contributed by atoms with van der Waals surface area (Å²) in [6.07, 6.45) is 5.74. The monoisotopic (exact) mass is 276 g/mol. The highest BCUT2D eigenvalue weighted by molar-refractivity contribution is 5.98. The Morgan fingerprint density at radius 2 is 2.20 bits per heavy atom. The maximum absolute atomic E-state index is 12.3. The van der Waals surface area contributed by atoms with Crippen LogP contribution in [0.2, 0.25) is 0 Å². The first-order valence-corrected chi connectivity index (χ1v) is 7.15. The predicted molar refractivity (Wildman–Crippen MR) is 72.6 cm³/mol. The molecule has 1 saturated carbocycles. The highest BCUT2D eigenvalue weighted by atomic mass is 16.2. The van der Waals surface area contributed by atoms with Gasteiger partial charge in [-0.15, -0.1) is 0 Å². The van der Waals surface area contributed by atoms with Gasteiger partial charge in [-0.05, 0) is 32.6 Å². The largest absolute Gasteiger partial charge is 0.345 e. The third-order valence-electron chi connectivity index (χ3n) is 4.45. The van der Waals surface area contributed by atoms with Crippen LogP contribution >= 0.6 is 0 Å². The fraction of sp³-hybridized carbons (Fsp3) is 0.643. The molecule has 1 unspecified atom stereocenters. The van der Waals surface area contributed by atoms with Crippen molar-refractivity contribution in [2.45, 2.75) is 45.3 Å². The molecule has 20 heavy (non-hydrogen) atoms. The lowest BCUT2D eigenvalue weighted by Crippen LogP contribution is -2.66. The second kappa shape index (κ2) is 4.61. The second-order valence-corrected chi connectivity index (χ2v) is 5.79. The molecule has 2 heterocycles. The summed E-state index contributed by atoms with van der Waals surface area (Å²) in [6, 6.07) is 0. The molecule has 1 atom stereocenters. The van der Waals surface area contributed by atoms with Crippen molar-refractivity contribution in [3.05, 3.63) is 18.0 Å². The van der Waals surface area contributed by atoms with Gasteiger partial charge < -0.3 is 10.2 Å². The molecule has 2 amide bonds. The summed E-state index contributed by atoms with van der Waals surface area (Å²) in [5.74, 6) is 0.249. The Kier molecular flexibility index (Phi) is 3.03. The molecule has 1 aliphatic carbocycles. The number of aromatic nitrogens is 2. The molecule has 108 valence electrons. The molecule has 1 aromatic rings. The van der Waals surface area contributed by atoms with Crippen molar-refractivity contribution in [1.29, 1.82) is 0 Å². The minimum Gasteiger partial charge on any atom is -0.345 e. The number of nitrogens with one attached hydrogen (secondary N) is 1. The van der Waals surface area contributed by atoms with E-state index in [0.717, 1.165) is 24.9 Å². The smallest absolute Gasteiger partial charge is 0.246 e. The number of aryl methyl sites for hydroxylation is 1. The number of amides is 2. The zero-order chi connectivity index (χ0) is 14.3. The SMILES string of the molecule is CCn1cc(CN2C(=O)CNC(=O)C2(C)C2CC2)cn1. The zero-order valence-electron chi connectivity index (χ0n) is 11.9. The van der Waals surface area contributed by atoms with Crippen LogP contribution in [0.3, 0.4) is 0 Å². The highest BCUT2D eigenvalue weighted by Gasteiger charge is 2.54. The Hall–Kier alpha value is -1.85. The molecule has 1 N–H and O–H groups in total. The fourth-order valence-corrected chi connectivity index (χ4v) is 2.96. The minimum absolute atomic E-state index is 0.0109. The van der Waals surface area contributed by atoms with E-state index in [1.807, 2.05) is 24.7 Å². The normalized spacial score (nSPS) is 26.8. The van der Waals surface area contributed by atoms with Crippen LogP contribution in [-0.4, -0.2) is 38.6 Å². The van der Waals surface area contributed by atoms with Gasteiger partial charge in [0.05, 0.1) is 12.7 Å². The maximum Gasteiger partial charge on any atom is 0.246 e. The van der Waals surface area contributed by atoms with Gasteiger partial charge in [-0.1, -0.05) is 0 Å². The number of rotatable bonds is 4. The van der Waals surface area contributed by atoms with Crippen LogP contribution in [-0.2, 0) is 22.7 Å². The van der Waals surface area contributed by atoms with Gasteiger partial charge in [-0.2, -0.15) is 5.10 Å². The summed E-state index contributed by atoms with van der Waals surface area (Å²) in [6.45, 7) is 5.27. The first-order valence-electron chi connectivity index (χ1n) is 7.15. The molecular weight excluding hydrogens is 256 g/mol. The summed E-state index contributed by atoms with van der Waals surface area (Å²) in [7, 11) is 0. The number of carbonyl (C=O) groups excluding carboxylic acids is 2. The molecule has 1 saturated heterocycles. The lowest BCUT2D eigenvalue weighted by molar-refractivity contribution is -0.155. The third-order valence-corrected chi connectivity index (χ3v) is 4.45. The molecule has 0 aromatic carbocycles. The first-order chi connectivity index (χ1) is 9.55. The first kappa shape index (κ1) is 13.1. The number of hydrogen-bond acceptors (Lipinski definition) is 3. The number of carbonyl (C=O) groups is 2. The Labute approximate surface area is 118 Å². The van der Waals surface area contributed by atoms with Crippen LogP contribution in [0.5, 0.6) is 0 Å². The Morgan fingerprint density at radius 3 is 2.80 bits per heavy atom. The van der Waals surface area contributed by atoms with E-state index in [0.29, 0.717) is 6.54 Å². The van der Waals surface area contributed by atoms with Crippen LogP contribution < -0.4 is 5.32 Å². The average Bonchev–Trinajstić information content (AvgIpc) is 3.20. The van der Waals surface area contributed by atoms with Crippen molar-refractivity contribution < 1.29 is 9.59 Å². The standard InChI is InChI=1S/C14H20N4O2/c1-3-17-8-10(6-16-17)9-18-12(19)7-15-13(20)14(18,2)11-4-5-11/h6,8,11H,3-5,7,9H2,1-2H3,(H,15,20). The van der Waals surface area contributed by atoms with E-state index in [1.165, 1.54) is 0 Å². The summed E-state index contributed by atoms with van der Waals surface area (Å²) in [4.78, 5) is 26.3. The average molecular weight is 276 g/mol. The van der Waals surface area contributed by atoms with E-state index in [-0.39, 0.29) is 24.3 Å². The second-order valence-electron chi connectivity index (χ2n) is 5.79. The van der Waals surface area contributed by atoms with E-state index in [1.54, 1.807) is 11.1 Å². The van der Waals surface area contributed by atoms with E-state index in [2.05, 4.69) is 10.4 Å². The van der Waals surface area contributed by atoms with Gasteiger partial charge in [0.2, 0.25) is 11.8 Å². The molecule has 1 aliphatic heterocycles. The number of hydrogen-bond donors (Lipinski definition) is 1. The van der Waals surface area contributed by atoms with Gasteiger partial charge in [-0.25, -0.2) is 0 Å². The van der Waals surface area contributed by atoms with Gasteiger partial charge >= 0.3 is 0 Å². The topological polar surface area (TPSA) is 67.2 Å². The molecule has 2 fully saturated rings. The minimum atomic E-state index is -0.705. The van der Waals surface area contributed by atoms with E-state index in [9.17, 15) is 9.59 Å². The zero-order valence-corrected chi connectivity index (χ0v) is 11.9. The van der Waals surface area contributed by atoms with Crippen LogP contribution in [0.25, 0.3) is 0 Å². The van der Waals surface area contributed by atoms with Crippen LogP contribution in [0.4, 0.5) is 0 Å². The molecule has 0 bridgehead atoms. The van der Waals surface area contributed by atoms with E-state index < -0.39 is 5.54 Å². The molecule has 0 spiro atoms. The molecule has 6 nitrogen and oxygen atoms in total. The maximum atomic E-state index is 12.3. The Morgan fingerprint density at radius 1 is 1.45 bits per heavy atom. The van der Waals surface area contributed by atoms with Crippen molar-refractivity contribution in [3.63, 3.8) is 0 Å². The molecule has 1 aromatic heterocycles. The molecule has 0 radical (unpaired) electrons. The fourth-order valence-electron chi connectivity index (χ4n) is 2.96. The third kappa shape index (κ3) is 1.99. The van der Waals surface area contributed by atoms with Gasteiger partial charge in [0.25, 0.3) is 0 Å².